The maximum absolute atomic E-state index is 13.0. The van der Waals surface area contributed by atoms with Crippen LogP contribution < -0.4 is 14.2 Å². The topological polar surface area (TPSA) is 162 Å². The van der Waals surface area contributed by atoms with Crippen molar-refractivity contribution in [2.45, 2.75) is 25.3 Å². The van der Waals surface area contributed by atoms with Gasteiger partial charge in [0.05, 0.1) is 28.0 Å². The number of nitro benzene ring substituents is 1. The highest BCUT2D eigenvalue weighted by Gasteiger charge is 2.35. The Hall–Kier alpha value is -4.40. The van der Waals surface area contributed by atoms with E-state index in [2.05, 4.69) is 5.32 Å². The second kappa shape index (κ2) is 12.6. The second-order valence-corrected chi connectivity index (χ2v) is 11.6. The molecular formula is C27H22ClN3O9S2. The summed E-state index contributed by atoms with van der Waals surface area (Å²) in [7, 11) is -4.36. The van der Waals surface area contributed by atoms with Gasteiger partial charge in [-0.3, -0.25) is 29.4 Å². The number of nitrogens with one attached hydrogen (secondary N) is 1. The van der Waals surface area contributed by atoms with E-state index in [1.807, 2.05) is 0 Å². The van der Waals surface area contributed by atoms with Crippen LogP contribution in [0.2, 0.25) is 5.02 Å². The van der Waals surface area contributed by atoms with E-state index in [0.717, 1.165) is 4.90 Å². The molecule has 0 radical (unpaired) electrons. The summed E-state index contributed by atoms with van der Waals surface area (Å²) in [4.78, 5) is 48.0. The number of carbonyl (C=O) groups excluding carboxylic acids is 3. The number of halogens is 1. The van der Waals surface area contributed by atoms with Gasteiger partial charge in [-0.1, -0.05) is 23.7 Å². The lowest BCUT2D eigenvalue weighted by molar-refractivity contribution is -0.384. The van der Waals surface area contributed by atoms with Crippen LogP contribution in [0.5, 0.6) is 11.5 Å². The first-order chi connectivity index (χ1) is 19.9. The molecule has 15 heteroatoms. The number of imide groups is 1. The van der Waals surface area contributed by atoms with Gasteiger partial charge in [-0.05, 0) is 72.3 Å². The number of nitro groups is 1. The Morgan fingerprint density at radius 1 is 1.12 bits per heavy atom. The van der Waals surface area contributed by atoms with Gasteiger partial charge in [0, 0.05) is 24.7 Å². The van der Waals surface area contributed by atoms with Gasteiger partial charge in [-0.2, -0.15) is 8.42 Å². The first kappa shape index (κ1) is 30.6. The molecule has 0 spiro atoms. The first-order valence-electron chi connectivity index (χ1n) is 12.1. The van der Waals surface area contributed by atoms with Gasteiger partial charge in [0.2, 0.25) is 11.7 Å². The lowest BCUT2D eigenvalue weighted by Crippen LogP contribution is -2.27. The van der Waals surface area contributed by atoms with Crippen molar-refractivity contribution in [2.75, 3.05) is 11.9 Å². The number of non-ortho nitro benzene ring substituents is 1. The van der Waals surface area contributed by atoms with E-state index < -0.39 is 26.2 Å². The lowest BCUT2D eigenvalue weighted by atomic mass is 10.1. The van der Waals surface area contributed by atoms with E-state index in [0.29, 0.717) is 28.6 Å². The van der Waals surface area contributed by atoms with E-state index in [9.17, 15) is 32.9 Å². The van der Waals surface area contributed by atoms with Crippen molar-refractivity contribution in [3.05, 3.63) is 91.8 Å². The van der Waals surface area contributed by atoms with Crippen molar-refractivity contribution in [1.29, 1.82) is 0 Å². The fourth-order valence-electron chi connectivity index (χ4n) is 3.77. The number of anilines is 1. The summed E-state index contributed by atoms with van der Waals surface area (Å²) in [6.45, 7) is 3.04. The average molecular weight is 632 g/mol. The number of rotatable bonds is 10. The van der Waals surface area contributed by atoms with Gasteiger partial charge in [0.15, 0.2) is 5.75 Å². The highest BCUT2D eigenvalue weighted by molar-refractivity contribution is 8.18. The van der Waals surface area contributed by atoms with Crippen molar-refractivity contribution in [3.63, 3.8) is 0 Å². The largest absolute Gasteiger partial charge is 0.490 e. The highest BCUT2D eigenvalue weighted by atomic mass is 35.5. The molecule has 0 aliphatic carbocycles. The third kappa shape index (κ3) is 7.08. The van der Waals surface area contributed by atoms with Gasteiger partial charge in [0.25, 0.3) is 16.8 Å². The number of nitrogens with zero attached hydrogens (tertiary/aromatic N) is 2. The standard InChI is InChI=1S/C27H22ClN3O9S2/c1-3-39-23-13-18(12-22(28)25(23)40-42(37,38)21-10-6-19(7-11-21)29-16(2)32)14-24-26(33)30(27(34)41-24)15-17-4-8-20(9-5-17)31(35)36/h4-14H,3,15H2,1-2H3,(H,29,32)/b24-14-. The van der Waals surface area contributed by atoms with Crippen molar-refractivity contribution >= 4 is 68.0 Å². The molecule has 1 N–H and O–H groups in total. The van der Waals surface area contributed by atoms with Crippen LogP contribution in [0.15, 0.2) is 70.5 Å². The monoisotopic (exact) mass is 631 g/mol. The molecular weight excluding hydrogens is 610 g/mol. The summed E-state index contributed by atoms with van der Waals surface area (Å²) in [5.41, 5.74) is 1.15. The van der Waals surface area contributed by atoms with Crippen LogP contribution in [0.4, 0.5) is 16.2 Å². The Balaban J connectivity index is 1.57. The molecule has 0 unspecified atom stereocenters. The molecule has 0 saturated carbocycles. The number of thioether (sulfide) groups is 1. The molecule has 1 aliphatic heterocycles. The molecule has 4 rings (SSSR count). The maximum atomic E-state index is 13.0. The minimum atomic E-state index is -4.36. The molecule has 0 aromatic heterocycles. The number of carbonyl (C=O) groups is 3. The number of hydrogen-bond acceptors (Lipinski definition) is 10. The number of hydrogen-bond donors (Lipinski definition) is 1. The molecule has 1 heterocycles. The SMILES string of the molecule is CCOc1cc(/C=C2\SC(=O)N(Cc3ccc([N+](=O)[O-])cc3)C2=O)cc(Cl)c1OS(=O)(=O)c1ccc(NC(C)=O)cc1. The molecule has 3 aromatic carbocycles. The van der Waals surface area contributed by atoms with E-state index in [1.54, 1.807) is 6.92 Å². The van der Waals surface area contributed by atoms with E-state index in [1.165, 1.54) is 73.7 Å². The van der Waals surface area contributed by atoms with Crippen LogP contribution in [-0.4, -0.2) is 41.9 Å². The van der Waals surface area contributed by atoms with E-state index >= 15 is 0 Å². The smallest absolute Gasteiger partial charge is 0.339 e. The molecule has 0 atom stereocenters. The zero-order valence-corrected chi connectivity index (χ0v) is 24.4. The van der Waals surface area contributed by atoms with Crippen LogP contribution in [0.1, 0.15) is 25.0 Å². The third-order valence-electron chi connectivity index (χ3n) is 5.65. The number of amides is 3. The summed E-state index contributed by atoms with van der Waals surface area (Å²) >= 11 is 7.10. The fourth-order valence-corrected chi connectivity index (χ4v) is 5.87. The lowest BCUT2D eigenvalue weighted by Gasteiger charge is -2.15. The quantitative estimate of drug-likeness (QED) is 0.129. The maximum Gasteiger partial charge on any atom is 0.339 e. The molecule has 1 fully saturated rings. The summed E-state index contributed by atoms with van der Waals surface area (Å²) in [6, 6.07) is 13.6. The van der Waals surface area contributed by atoms with Gasteiger partial charge in [-0.25, -0.2) is 0 Å². The predicted octanol–water partition coefficient (Wildman–Crippen LogP) is 5.61. The summed E-state index contributed by atoms with van der Waals surface area (Å²) in [5.74, 6) is -1.18. The highest BCUT2D eigenvalue weighted by Crippen LogP contribution is 2.41. The number of benzene rings is 3. The van der Waals surface area contributed by atoms with E-state index in [4.69, 9.17) is 20.5 Å². The summed E-state index contributed by atoms with van der Waals surface area (Å²) < 4.78 is 36.8. The minimum absolute atomic E-state index is 0.0141. The van der Waals surface area contributed by atoms with Crippen LogP contribution in [-0.2, 0) is 26.3 Å². The normalized spacial score (nSPS) is 14.3. The van der Waals surface area contributed by atoms with Crippen LogP contribution in [0.25, 0.3) is 6.08 Å². The first-order valence-corrected chi connectivity index (χ1v) is 14.8. The van der Waals surface area contributed by atoms with Gasteiger partial charge < -0.3 is 14.2 Å². The molecule has 12 nitrogen and oxygen atoms in total. The van der Waals surface area contributed by atoms with Crippen molar-refractivity contribution in [1.82, 2.24) is 4.90 Å². The Morgan fingerprint density at radius 2 is 1.79 bits per heavy atom. The van der Waals surface area contributed by atoms with E-state index in [-0.39, 0.29) is 51.1 Å². The molecule has 1 aliphatic rings. The minimum Gasteiger partial charge on any atom is -0.490 e. The van der Waals surface area contributed by atoms with Gasteiger partial charge in [-0.15, -0.1) is 0 Å². The van der Waals surface area contributed by atoms with Crippen molar-refractivity contribution < 1.29 is 36.6 Å². The Labute approximate surface area is 249 Å². The zero-order chi connectivity index (χ0) is 30.6. The molecule has 42 heavy (non-hydrogen) atoms. The second-order valence-electron chi connectivity index (χ2n) is 8.70. The zero-order valence-electron chi connectivity index (χ0n) is 22.0. The van der Waals surface area contributed by atoms with Crippen LogP contribution in [0.3, 0.4) is 0 Å². The Morgan fingerprint density at radius 3 is 2.38 bits per heavy atom. The molecule has 218 valence electrons. The van der Waals surface area contributed by atoms with Crippen LogP contribution >= 0.6 is 23.4 Å². The fraction of sp³-hybridized carbons (Fsp3) is 0.148. The Kier molecular flexibility index (Phi) is 9.19. The predicted molar refractivity (Wildman–Crippen MR) is 156 cm³/mol. The molecule has 1 saturated heterocycles. The molecule has 3 aromatic rings. The van der Waals surface area contributed by atoms with Gasteiger partial charge in [0.1, 0.15) is 4.90 Å². The summed E-state index contributed by atoms with van der Waals surface area (Å²) in [5, 5.41) is 12.7. The molecule has 3 amide bonds. The molecule has 0 bridgehead atoms. The average Bonchev–Trinajstić information content (AvgIpc) is 3.18. The number of ether oxygens (including phenoxy) is 1. The van der Waals surface area contributed by atoms with Crippen molar-refractivity contribution in [2.24, 2.45) is 0 Å². The van der Waals surface area contributed by atoms with Gasteiger partial charge >= 0.3 is 10.1 Å². The third-order valence-corrected chi connectivity index (χ3v) is 8.07. The Bertz CT molecular complexity index is 1710. The summed E-state index contributed by atoms with van der Waals surface area (Å²) in [6.07, 6.45) is 1.41. The van der Waals surface area contributed by atoms with Crippen molar-refractivity contribution in [3.8, 4) is 11.5 Å². The van der Waals surface area contributed by atoms with Crippen LogP contribution in [0, 0.1) is 10.1 Å².